The van der Waals surface area contributed by atoms with Gasteiger partial charge in [0.2, 0.25) is 0 Å². The van der Waals surface area contributed by atoms with Crippen LogP contribution in [0.3, 0.4) is 0 Å². The molecule has 0 unspecified atom stereocenters. The maximum absolute atomic E-state index is 11.9. The van der Waals surface area contributed by atoms with E-state index in [2.05, 4.69) is 0 Å². The van der Waals surface area contributed by atoms with Gasteiger partial charge >= 0.3 is 5.97 Å². The largest absolute Gasteiger partial charge is 0.467 e. The molecular weight excluding hydrogens is 266 g/mol. The number of esters is 1. The van der Waals surface area contributed by atoms with Gasteiger partial charge in [0.05, 0.1) is 7.11 Å². The summed E-state index contributed by atoms with van der Waals surface area (Å²) in [5, 5.41) is 0. The minimum atomic E-state index is -0.890. The Morgan fingerprint density at radius 1 is 1.05 bits per heavy atom. The molecule has 0 bridgehead atoms. The number of methoxy groups -OCH3 is 1. The Kier molecular flexibility index (Phi) is 4.10. The molecule has 2 heterocycles. The predicted molar refractivity (Wildman–Crippen MR) is 68.7 cm³/mol. The van der Waals surface area contributed by atoms with Gasteiger partial charge in [-0.1, -0.05) is 0 Å². The SMILES string of the molecule is COC(=O)[C@@H]1OC(C)(C)O[C@H]1[C@H]1OC(C)(C)O[C@@H]1CN. The van der Waals surface area contributed by atoms with Gasteiger partial charge in [-0.25, -0.2) is 4.79 Å². The quantitative estimate of drug-likeness (QED) is 0.740. The van der Waals surface area contributed by atoms with E-state index in [1.54, 1.807) is 27.7 Å². The number of nitrogens with two attached hydrogens (primary N) is 1. The lowest BCUT2D eigenvalue weighted by molar-refractivity contribution is -0.176. The molecule has 0 aromatic rings. The van der Waals surface area contributed by atoms with Crippen LogP contribution < -0.4 is 5.73 Å². The maximum Gasteiger partial charge on any atom is 0.337 e. The summed E-state index contributed by atoms with van der Waals surface area (Å²) in [7, 11) is 1.31. The zero-order valence-electron chi connectivity index (χ0n) is 12.5. The van der Waals surface area contributed by atoms with Crippen LogP contribution in [0.15, 0.2) is 0 Å². The van der Waals surface area contributed by atoms with E-state index in [4.69, 9.17) is 29.4 Å². The summed E-state index contributed by atoms with van der Waals surface area (Å²) < 4.78 is 27.7. The van der Waals surface area contributed by atoms with Crippen LogP contribution in [-0.4, -0.2) is 55.6 Å². The van der Waals surface area contributed by atoms with Gasteiger partial charge in [0.25, 0.3) is 0 Å². The van der Waals surface area contributed by atoms with Crippen molar-refractivity contribution in [3.8, 4) is 0 Å². The van der Waals surface area contributed by atoms with Crippen molar-refractivity contribution < 1.29 is 28.5 Å². The van der Waals surface area contributed by atoms with Gasteiger partial charge in [-0.2, -0.15) is 0 Å². The average Bonchev–Trinajstić information content (AvgIpc) is 2.84. The first-order chi connectivity index (χ1) is 9.19. The van der Waals surface area contributed by atoms with Crippen molar-refractivity contribution in [2.45, 2.75) is 63.7 Å². The second kappa shape index (κ2) is 5.23. The van der Waals surface area contributed by atoms with E-state index in [0.29, 0.717) is 0 Å². The summed E-state index contributed by atoms with van der Waals surface area (Å²) in [5.41, 5.74) is 5.72. The lowest BCUT2D eigenvalue weighted by atomic mass is 10.0. The maximum atomic E-state index is 11.9. The van der Waals surface area contributed by atoms with Crippen LogP contribution in [-0.2, 0) is 28.5 Å². The minimum absolute atomic E-state index is 0.266. The van der Waals surface area contributed by atoms with Crippen molar-refractivity contribution in [3.63, 3.8) is 0 Å². The summed E-state index contributed by atoms with van der Waals surface area (Å²) >= 11 is 0. The van der Waals surface area contributed by atoms with Crippen LogP contribution in [0.2, 0.25) is 0 Å². The molecule has 0 saturated carbocycles. The second-order valence-corrected chi connectivity index (χ2v) is 5.92. The van der Waals surface area contributed by atoms with Crippen LogP contribution >= 0.6 is 0 Å². The zero-order valence-corrected chi connectivity index (χ0v) is 12.5. The van der Waals surface area contributed by atoms with Gasteiger partial charge < -0.3 is 29.4 Å². The standard InChI is InChI=1S/C13H23NO6/c1-12(2)17-7(6-14)8(18-12)9-10(11(15)16-5)20-13(3,4)19-9/h7-10H,6,14H2,1-5H3/t7-,8+,9+,10-/m1/s1. The van der Waals surface area contributed by atoms with E-state index in [1.807, 2.05) is 0 Å². The van der Waals surface area contributed by atoms with Gasteiger partial charge in [0, 0.05) is 6.54 Å². The van der Waals surface area contributed by atoms with Crippen molar-refractivity contribution in [3.05, 3.63) is 0 Å². The summed E-state index contributed by atoms with van der Waals surface area (Å²) in [4.78, 5) is 11.9. The Balaban J connectivity index is 2.22. The molecule has 2 aliphatic rings. The molecule has 0 aromatic carbocycles. The van der Waals surface area contributed by atoms with Crippen molar-refractivity contribution in [2.75, 3.05) is 13.7 Å². The summed E-state index contributed by atoms with van der Waals surface area (Å²) in [5.74, 6) is -2.16. The van der Waals surface area contributed by atoms with Crippen LogP contribution in [0, 0.1) is 0 Å². The number of ether oxygens (including phenoxy) is 5. The third-order valence-corrected chi connectivity index (χ3v) is 3.34. The van der Waals surface area contributed by atoms with Crippen LogP contribution in [0.1, 0.15) is 27.7 Å². The van der Waals surface area contributed by atoms with E-state index in [-0.39, 0.29) is 12.6 Å². The van der Waals surface area contributed by atoms with Crippen molar-refractivity contribution in [1.82, 2.24) is 0 Å². The van der Waals surface area contributed by atoms with Crippen molar-refractivity contribution >= 4 is 5.97 Å². The first-order valence-corrected chi connectivity index (χ1v) is 6.68. The third-order valence-electron chi connectivity index (χ3n) is 3.34. The first-order valence-electron chi connectivity index (χ1n) is 6.68. The van der Waals surface area contributed by atoms with E-state index in [9.17, 15) is 4.79 Å². The number of carbonyl (C=O) groups is 1. The highest BCUT2D eigenvalue weighted by Crippen LogP contribution is 2.38. The fourth-order valence-electron chi connectivity index (χ4n) is 2.65. The molecule has 2 fully saturated rings. The Morgan fingerprint density at radius 3 is 2.15 bits per heavy atom. The minimum Gasteiger partial charge on any atom is -0.467 e. The molecule has 20 heavy (non-hydrogen) atoms. The topological polar surface area (TPSA) is 89.2 Å². The van der Waals surface area contributed by atoms with Crippen molar-refractivity contribution in [1.29, 1.82) is 0 Å². The molecule has 2 aliphatic heterocycles. The molecule has 2 N–H and O–H groups in total. The third kappa shape index (κ3) is 2.96. The summed E-state index contributed by atoms with van der Waals surface area (Å²) in [6, 6.07) is 0. The van der Waals surface area contributed by atoms with E-state index in [0.717, 1.165) is 0 Å². The van der Waals surface area contributed by atoms with E-state index >= 15 is 0 Å². The van der Waals surface area contributed by atoms with Gasteiger partial charge in [-0.3, -0.25) is 0 Å². The molecule has 0 aliphatic carbocycles. The second-order valence-electron chi connectivity index (χ2n) is 5.92. The Hall–Kier alpha value is -0.730. The molecular formula is C13H23NO6. The van der Waals surface area contributed by atoms with Gasteiger partial charge in [-0.15, -0.1) is 0 Å². The Bertz CT molecular complexity index is 383. The molecule has 2 saturated heterocycles. The van der Waals surface area contributed by atoms with Crippen LogP contribution in [0.25, 0.3) is 0 Å². The number of rotatable bonds is 3. The number of carbonyl (C=O) groups excluding carboxylic acids is 1. The van der Waals surface area contributed by atoms with Gasteiger partial charge in [0.1, 0.15) is 18.3 Å². The summed E-state index contributed by atoms with van der Waals surface area (Å²) in [6.45, 7) is 7.33. The molecule has 0 amide bonds. The fourth-order valence-corrected chi connectivity index (χ4v) is 2.65. The lowest BCUT2D eigenvalue weighted by Gasteiger charge is -2.24. The molecule has 7 nitrogen and oxygen atoms in total. The van der Waals surface area contributed by atoms with E-state index < -0.39 is 35.9 Å². The van der Waals surface area contributed by atoms with Crippen molar-refractivity contribution in [2.24, 2.45) is 5.73 Å². The lowest BCUT2D eigenvalue weighted by Crippen LogP contribution is -2.47. The normalized spacial score (nSPS) is 38.9. The number of hydrogen-bond donors (Lipinski definition) is 1. The molecule has 0 aromatic heterocycles. The molecule has 2 rings (SSSR count). The van der Waals surface area contributed by atoms with Gasteiger partial charge in [-0.05, 0) is 27.7 Å². The number of hydrogen-bond acceptors (Lipinski definition) is 7. The molecule has 4 atom stereocenters. The fraction of sp³-hybridized carbons (Fsp3) is 0.923. The molecule has 116 valence electrons. The summed E-state index contributed by atoms with van der Waals surface area (Å²) in [6.07, 6.45) is -2.32. The molecule has 7 heteroatoms. The highest BCUT2D eigenvalue weighted by molar-refractivity contribution is 5.75. The van der Waals surface area contributed by atoms with Crippen LogP contribution in [0.5, 0.6) is 0 Å². The Labute approximate surface area is 118 Å². The van der Waals surface area contributed by atoms with E-state index in [1.165, 1.54) is 7.11 Å². The van der Waals surface area contributed by atoms with Gasteiger partial charge in [0.15, 0.2) is 17.7 Å². The highest BCUT2D eigenvalue weighted by atomic mass is 16.8. The zero-order chi connectivity index (χ0) is 15.1. The predicted octanol–water partition coefficient (Wildman–Crippen LogP) is 0.158. The highest BCUT2D eigenvalue weighted by Gasteiger charge is 2.55. The monoisotopic (exact) mass is 289 g/mol. The van der Waals surface area contributed by atoms with Crippen LogP contribution in [0.4, 0.5) is 0 Å². The first kappa shape index (κ1) is 15.7. The molecule has 0 spiro atoms. The average molecular weight is 289 g/mol. The molecule has 0 radical (unpaired) electrons. The smallest absolute Gasteiger partial charge is 0.337 e. The Morgan fingerprint density at radius 2 is 1.60 bits per heavy atom.